The smallest absolute Gasteiger partial charge is 0.234 e. The number of nitrogens with two attached hydrogens (primary N) is 1. The second kappa shape index (κ2) is 15.0. The molecule has 3 aliphatic rings. The Bertz CT molecular complexity index is 1820. The van der Waals surface area contributed by atoms with Gasteiger partial charge in [0.15, 0.2) is 0 Å². The number of hydrogen-bond acceptors (Lipinski definition) is 5. The maximum absolute atomic E-state index is 12.3. The lowest BCUT2D eigenvalue weighted by Crippen LogP contribution is -2.34. The molecule has 0 spiro atoms. The number of rotatable bonds is 3. The lowest BCUT2D eigenvalue weighted by Gasteiger charge is -2.35. The molecule has 3 heterocycles. The van der Waals surface area contributed by atoms with Crippen molar-refractivity contribution in [3.05, 3.63) is 125 Å². The number of carbonyl (C=O) groups excluding carboxylic acids is 2. The molecule has 0 bridgehead atoms. The van der Waals surface area contributed by atoms with Crippen LogP contribution in [-0.4, -0.2) is 48.8 Å². The van der Waals surface area contributed by atoms with Crippen molar-refractivity contribution in [2.45, 2.75) is 37.8 Å². The van der Waals surface area contributed by atoms with Gasteiger partial charge in [0.2, 0.25) is 11.8 Å². The minimum absolute atomic E-state index is 0. The Kier molecular flexibility index (Phi) is 11.4. The van der Waals surface area contributed by atoms with Crippen molar-refractivity contribution in [1.29, 1.82) is 0 Å². The topological polar surface area (TPSA) is 69.9 Å². The third kappa shape index (κ3) is 7.44. The lowest BCUT2D eigenvalue weighted by molar-refractivity contribution is -0.121. The zero-order valence-corrected chi connectivity index (χ0v) is 31.5. The Balaban J connectivity index is 0.000000187. The Morgan fingerprint density at radius 1 is 0.681 bits per heavy atom. The van der Waals surface area contributed by atoms with Crippen LogP contribution in [0.4, 0.5) is 11.4 Å². The van der Waals surface area contributed by atoms with E-state index >= 15 is 0 Å². The average Bonchev–Trinajstić information content (AvgIpc) is 3.35. The van der Waals surface area contributed by atoms with E-state index in [0.29, 0.717) is 10.7 Å². The summed E-state index contributed by atoms with van der Waals surface area (Å²) >= 11 is 19.8. The first-order chi connectivity index (χ1) is 22.0. The van der Waals surface area contributed by atoms with Crippen molar-refractivity contribution in [2.24, 2.45) is 0 Å². The summed E-state index contributed by atoms with van der Waals surface area (Å²) < 4.78 is 2.06. The van der Waals surface area contributed by atoms with Gasteiger partial charge in [0.05, 0.1) is 5.69 Å². The van der Waals surface area contributed by atoms with Crippen molar-refractivity contribution < 1.29 is 9.59 Å². The summed E-state index contributed by atoms with van der Waals surface area (Å²) in [6.07, 6.45) is 0.567. The first-order valence-corrected chi connectivity index (χ1v) is 17.5. The molecular formula is C36H35Br2Cl3N4O2. The van der Waals surface area contributed by atoms with E-state index < -0.39 is 0 Å². The van der Waals surface area contributed by atoms with E-state index in [1.54, 1.807) is 0 Å². The van der Waals surface area contributed by atoms with Gasteiger partial charge in [-0.25, -0.2) is 0 Å². The van der Waals surface area contributed by atoms with Crippen LogP contribution in [0.3, 0.4) is 0 Å². The Hall–Kier alpha value is -2.43. The molecule has 4 aromatic rings. The Labute approximate surface area is 308 Å². The number of halogens is 5. The van der Waals surface area contributed by atoms with Gasteiger partial charge in [-0.15, -0.1) is 12.4 Å². The molecule has 0 radical (unpaired) electrons. The third-order valence-electron chi connectivity index (χ3n) is 8.96. The summed E-state index contributed by atoms with van der Waals surface area (Å²) in [5.41, 5.74) is 14.8. The quantitative estimate of drug-likeness (QED) is 0.165. The SMILES string of the molecule is CN1Cc2c(Br)cc(Cl)cc2C(c2ccccc2N)C1.CN1Cc2c(Br)cc(Cl)cc2C(c2ccccc2N2C(=O)CCC2=O)C1.Cl. The molecule has 0 aliphatic carbocycles. The summed E-state index contributed by atoms with van der Waals surface area (Å²) in [4.78, 5) is 30.5. The molecule has 6 nitrogen and oxygen atoms in total. The van der Waals surface area contributed by atoms with Crippen LogP contribution in [0, 0.1) is 0 Å². The summed E-state index contributed by atoms with van der Waals surface area (Å²) in [7, 11) is 4.21. The fraction of sp³-hybridized carbons (Fsp3) is 0.278. The molecule has 2 amide bonds. The lowest BCUT2D eigenvalue weighted by atomic mass is 9.84. The normalized spacial score (nSPS) is 19.4. The fourth-order valence-electron chi connectivity index (χ4n) is 6.88. The van der Waals surface area contributed by atoms with Gasteiger partial charge in [0.1, 0.15) is 0 Å². The molecule has 246 valence electrons. The number of benzene rings is 4. The first-order valence-electron chi connectivity index (χ1n) is 15.1. The van der Waals surface area contributed by atoms with Gasteiger partial charge in [-0.2, -0.15) is 0 Å². The van der Waals surface area contributed by atoms with E-state index in [-0.39, 0.29) is 48.9 Å². The van der Waals surface area contributed by atoms with Crippen molar-refractivity contribution in [2.75, 3.05) is 37.8 Å². The standard InChI is InChI=1S/C20H18BrClN2O2.C16H16BrClN2.ClH/c1-23-10-15(14-8-12(22)9-17(21)16(14)11-23)13-4-2-3-5-18(13)24-19(25)6-7-20(24)26;1-20-8-13(11-4-2-3-5-16(11)19)12-6-10(18)7-15(17)14(12)9-20;/h2-5,8-9,15H,6-7,10-11H2,1H3;2-7,13H,8-9,19H2,1H3;1H. The molecule has 11 heteroatoms. The number of likely N-dealkylation sites (N-methyl/N-ethyl adjacent to an activating group) is 2. The number of amides is 2. The van der Waals surface area contributed by atoms with Crippen LogP contribution in [0.1, 0.15) is 58.1 Å². The Morgan fingerprint density at radius 3 is 1.64 bits per heavy atom. The van der Waals surface area contributed by atoms with Gasteiger partial charge in [-0.05, 0) is 83.9 Å². The molecule has 7 rings (SSSR count). The summed E-state index contributed by atoms with van der Waals surface area (Å²) in [6, 6.07) is 23.7. The average molecular weight is 822 g/mol. The van der Waals surface area contributed by atoms with Crippen molar-refractivity contribution in [3.63, 3.8) is 0 Å². The van der Waals surface area contributed by atoms with E-state index in [4.69, 9.17) is 28.9 Å². The molecule has 1 fully saturated rings. The number of carbonyl (C=O) groups is 2. The highest BCUT2D eigenvalue weighted by Gasteiger charge is 2.35. The zero-order valence-electron chi connectivity index (χ0n) is 26.0. The van der Waals surface area contributed by atoms with Crippen molar-refractivity contribution in [1.82, 2.24) is 9.80 Å². The van der Waals surface area contributed by atoms with Crippen LogP contribution < -0.4 is 10.6 Å². The highest BCUT2D eigenvalue weighted by atomic mass is 79.9. The molecule has 0 aromatic heterocycles. The predicted octanol–water partition coefficient (Wildman–Crippen LogP) is 9.02. The van der Waals surface area contributed by atoms with Crippen LogP contribution in [0.5, 0.6) is 0 Å². The minimum atomic E-state index is -0.126. The fourth-order valence-corrected chi connectivity index (χ4v) is 8.80. The Morgan fingerprint density at radius 2 is 1.13 bits per heavy atom. The summed E-state index contributed by atoms with van der Waals surface area (Å²) in [5.74, 6) is 0.0503. The number of fused-ring (bicyclic) bond motifs is 2. The molecule has 3 aliphatic heterocycles. The highest BCUT2D eigenvalue weighted by molar-refractivity contribution is 9.10. The first kappa shape index (κ1) is 35.9. The predicted molar refractivity (Wildman–Crippen MR) is 201 cm³/mol. The second-order valence-corrected chi connectivity index (χ2v) is 14.8. The second-order valence-electron chi connectivity index (χ2n) is 12.2. The molecule has 47 heavy (non-hydrogen) atoms. The van der Waals surface area contributed by atoms with E-state index in [2.05, 4.69) is 67.9 Å². The van der Waals surface area contributed by atoms with Gasteiger partial charge in [-0.3, -0.25) is 14.5 Å². The molecule has 2 unspecified atom stereocenters. The largest absolute Gasteiger partial charge is 0.398 e. The summed E-state index contributed by atoms with van der Waals surface area (Å²) in [6.45, 7) is 3.50. The van der Waals surface area contributed by atoms with E-state index in [1.165, 1.54) is 27.2 Å². The number of nitrogen functional groups attached to an aromatic ring is 1. The van der Waals surface area contributed by atoms with Crippen LogP contribution in [0.25, 0.3) is 0 Å². The van der Waals surface area contributed by atoms with Gasteiger partial charge in [0, 0.05) is 75.5 Å². The summed E-state index contributed by atoms with van der Waals surface area (Å²) in [5, 5.41) is 1.44. The molecular weight excluding hydrogens is 787 g/mol. The van der Waals surface area contributed by atoms with Crippen LogP contribution in [0.2, 0.25) is 10.0 Å². The monoisotopic (exact) mass is 818 g/mol. The van der Waals surface area contributed by atoms with E-state index in [1.807, 2.05) is 60.7 Å². The van der Waals surface area contributed by atoms with Gasteiger partial charge in [0.25, 0.3) is 0 Å². The van der Waals surface area contributed by atoms with Gasteiger partial charge >= 0.3 is 0 Å². The van der Waals surface area contributed by atoms with Crippen LogP contribution in [-0.2, 0) is 22.7 Å². The minimum Gasteiger partial charge on any atom is -0.398 e. The van der Waals surface area contributed by atoms with E-state index in [9.17, 15) is 9.59 Å². The van der Waals surface area contributed by atoms with Gasteiger partial charge < -0.3 is 15.5 Å². The molecule has 1 saturated heterocycles. The van der Waals surface area contributed by atoms with Crippen LogP contribution >= 0.6 is 67.5 Å². The number of imide groups is 1. The molecule has 2 atom stereocenters. The zero-order chi connectivity index (χ0) is 32.7. The van der Waals surface area contributed by atoms with Crippen LogP contribution in [0.15, 0.2) is 81.7 Å². The molecule has 4 aromatic carbocycles. The highest BCUT2D eigenvalue weighted by Crippen LogP contribution is 2.43. The van der Waals surface area contributed by atoms with Crippen molar-refractivity contribution >= 4 is 90.7 Å². The van der Waals surface area contributed by atoms with Crippen molar-refractivity contribution in [3.8, 4) is 0 Å². The van der Waals surface area contributed by atoms with Gasteiger partial charge in [-0.1, -0.05) is 91.5 Å². The number of anilines is 2. The number of para-hydroxylation sites is 2. The molecule has 2 N–H and O–H groups in total. The van der Waals surface area contributed by atoms with E-state index in [0.717, 1.165) is 57.0 Å². The number of nitrogens with zero attached hydrogens (tertiary/aromatic N) is 3. The maximum atomic E-state index is 12.3. The maximum Gasteiger partial charge on any atom is 0.234 e. The molecule has 0 saturated carbocycles. The third-order valence-corrected chi connectivity index (χ3v) is 10.8. The number of hydrogen-bond donors (Lipinski definition) is 1.